The maximum atomic E-state index is 9.94. The van der Waals surface area contributed by atoms with Crippen molar-refractivity contribution in [3.8, 4) is 0 Å². The van der Waals surface area contributed by atoms with E-state index in [1.807, 2.05) is 12.1 Å². The van der Waals surface area contributed by atoms with Crippen molar-refractivity contribution in [1.29, 1.82) is 0 Å². The lowest BCUT2D eigenvalue weighted by atomic mass is 10.1. The first-order valence-corrected chi connectivity index (χ1v) is 8.30. The van der Waals surface area contributed by atoms with Crippen molar-refractivity contribution in [3.05, 3.63) is 34.3 Å². The third-order valence-corrected chi connectivity index (χ3v) is 4.14. The SMILES string of the molecule is C[C@H](NCC(O)COCC1CCCO1)c1cccc(Br)c1. The number of benzene rings is 1. The molecule has 1 aromatic carbocycles. The molecule has 21 heavy (non-hydrogen) atoms. The Bertz CT molecular complexity index is 424. The Morgan fingerprint density at radius 1 is 1.52 bits per heavy atom. The minimum absolute atomic E-state index is 0.190. The van der Waals surface area contributed by atoms with E-state index in [9.17, 15) is 5.11 Å². The predicted octanol–water partition coefficient (Wildman–Crippen LogP) is 2.66. The molecule has 4 nitrogen and oxygen atoms in total. The van der Waals surface area contributed by atoms with Gasteiger partial charge in [-0.3, -0.25) is 0 Å². The Labute approximate surface area is 135 Å². The molecule has 0 saturated carbocycles. The van der Waals surface area contributed by atoms with Gasteiger partial charge in [-0.05, 0) is 37.5 Å². The second kappa shape index (κ2) is 8.86. The van der Waals surface area contributed by atoms with Crippen LogP contribution in [0, 0.1) is 0 Å². The third-order valence-electron chi connectivity index (χ3n) is 3.65. The quantitative estimate of drug-likeness (QED) is 0.750. The van der Waals surface area contributed by atoms with Gasteiger partial charge in [0.05, 0.1) is 25.4 Å². The van der Waals surface area contributed by atoms with Gasteiger partial charge in [0.15, 0.2) is 0 Å². The molecule has 0 spiro atoms. The standard InChI is InChI=1S/C16H24BrNO3/c1-12(13-4-2-5-14(17)8-13)18-9-15(19)10-20-11-16-6-3-7-21-16/h2,4-5,8,12,15-16,18-19H,3,6-7,9-11H2,1H3/t12-,15?,16?/m0/s1. The number of hydrogen-bond acceptors (Lipinski definition) is 4. The minimum Gasteiger partial charge on any atom is -0.389 e. The molecule has 118 valence electrons. The molecule has 1 aliphatic rings. The van der Waals surface area contributed by atoms with Crippen molar-refractivity contribution >= 4 is 15.9 Å². The predicted molar refractivity (Wildman–Crippen MR) is 86.4 cm³/mol. The Hall–Kier alpha value is -0.460. The summed E-state index contributed by atoms with van der Waals surface area (Å²) in [6, 6.07) is 8.36. The molecule has 2 unspecified atom stereocenters. The van der Waals surface area contributed by atoms with Crippen LogP contribution in [0.4, 0.5) is 0 Å². The first kappa shape index (κ1) is 16.9. The van der Waals surface area contributed by atoms with Gasteiger partial charge in [0, 0.05) is 23.7 Å². The highest BCUT2D eigenvalue weighted by Crippen LogP contribution is 2.17. The van der Waals surface area contributed by atoms with E-state index < -0.39 is 6.10 Å². The highest BCUT2D eigenvalue weighted by molar-refractivity contribution is 9.10. The van der Waals surface area contributed by atoms with Crippen molar-refractivity contribution < 1.29 is 14.6 Å². The second-order valence-electron chi connectivity index (χ2n) is 5.51. The van der Waals surface area contributed by atoms with E-state index in [1.54, 1.807) is 0 Å². The molecule has 0 aliphatic carbocycles. The number of rotatable bonds is 8. The summed E-state index contributed by atoms with van der Waals surface area (Å²) in [7, 11) is 0. The second-order valence-corrected chi connectivity index (χ2v) is 6.43. The van der Waals surface area contributed by atoms with Crippen LogP contribution in [-0.4, -0.2) is 43.7 Å². The smallest absolute Gasteiger partial charge is 0.0897 e. The van der Waals surface area contributed by atoms with Crippen molar-refractivity contribution in [2.45, 2.75) is 38.0 Å². The van der Waals surface area contributed by atoms with Gasteiger partial charge in [-0.15, -0.1) is 0 Å². The van der Waals surface area contributed by atoms with Gasteiger partial charge >= 0.3 is 0 Å². The van der Waals surface area contributed by atoms with Gasteiger partial charge in [-0.1, -0.05) is 28.1 Å². The lowest BCUT2D eigenvalue weighted by molar-refractivity contribution is -0.0168. The number of hydrogen-bond donors (Lipinski definition) is 2. The Morgan fingerprint density at radius 2 is 2.38 bits per heavy atom. The van der Waals surface area contributed by atoms with Gasteiger partial charge in [0.2, 0.25) is 0 Å². The van der Waals surface area contributed by atoms with Crippen LogP contribution in [0.25, 0.3) is 0 Å². The van der Waals surface area contributed by atoms with E-state index in [0.29, 0.717) is 19.8 Å². The molecule has 2 N–H and O–H groups in total. The fourth-order valence-electron chi connectivity index (χ4n) is 2.38. The van der Waals surface area contributed by atoms with Gasteiger partial charge < -0.3 is 19.9 Å². The van der Waals surface area contributed by atoms with Crippen LogP contribution < -0.4 is 5.32 Å². The van der Waals surface area contributed by atoms with Crippen LogP contribution in [0.3, 0.4) is 0 Å². The normalized spacial score (nSPS) is 21.4. The van der Waals surface area contributed by atoms with Crippen molar-refractivity contribution in [1.82, 2.24) is 5.32 Å². The molecule has 0 bridgehead atoms. The van der Waals surface area contributed by atoms with Crippen molar-refractivity contribution in [2.75, 3.05) is 26.4 Å². The number of aliphatic hydroxyl groups is 1. The van der Waals surface area contributed by atoms with Crippen molar-refractivity contribution in [2.24, 2.45) is 0 Å². The van der Waals surface area contributed by atoms with E-state index in [1.165, 1.54) is 5.56 Å². The number of halogens is 1. The zero-order valence-corrected chi connectivity index (χ0v) is 14.0. The Kier molecular flexibility index (Phi) is 7.13. The van der Waals surface area contributed by atoms with E-state index in [4.69, 9.17) is 9.47 Å². The largest absolute Gasteiger partial charge is 0.389 e. The molecule has 1 fully saturated rings. The summed E-state index contributed by atoms with van der Waals surface area (Å²) in [5.41, 5.74) is 1.19. The lowest BCUT2D eigenvalue weighted by Crippen LogP contribution is -2.33. The Morgan fingerprint density at radius 3 is 3.10 bits per heavy atom. The highest BCUT2D eigenvalue weighted by Gasteiger charge is 2.16. The summed E-state index contributed by atoms with van der Waals surface area (Å²) < 4.78 is 12.1. The van der Waals surface area contributed by atoms with E-state index >= 15 is 0 Å². The fraction of sp³-hybridized carbons (Fsp3) is 0.625. The van der Waals surface area contributed by atoms with Gasteiger partial charge in [-0.25, -0.2) is 0 Å². The first-order valence-electron chi connectivity index (χ1n) is 7.51. The van der Waals surface area contributed by atoms with Gasteiger partial charge in [0.25, 0.3) is 0 Å². The molecule has 1 aliphatic heterocycles. The number of ether oxygens (including phenoxy) is 2. The fourth-order valence-corrected chi connectivity index (χ4v) is 2.79. The highest BCUT2D eigenvalue weighted by atomic mass is 79.9. The monoisotopic (exact) mass is 357 g/mol. The summed E-state index contributed by atoms with van der Waals surface area (Å²) in [6.07, 6.45) is 1.89. The third kappa shape index (κ3) is 6.04. The molecule has 1 heterocycles. The minimum atomic E-state index is -0.499. The molecule has 0 aromatic heterocycles. The summed E-state index contributed by atoms with van der Waals surface area (Å²) in [5, 5.41) is 13.3. The molecule has 0 radical (unpaired) electrons. The first-order chi connectivity index (χ1) is 10.1. The van der Waals surface area contributed by atoms with E-state index in [2.05, 4.69) is 40.3 Å². The zero-order chi connectivity index (χ0) is 15.1. The van der Waals surface area contributed by atoms with Crippen LogP contribution in [0.15, 0.2) is 28.7 Å². The maximum absolute atomic E-state index is 9.94. The topological polar surface area (TPSA) is 50.7 Å². The summed E-state index contributed by atoms with van der Waals surface area (Å²) in [5.74, 6) is 0. The lowest BCUT2D eigenvalue weighted by Gasteiger charge is -2.18. The van der Waals surface area contributed by atoms with Crippen molar-refractivity contribution in [3.63, 3.8) is 0 Å². The average Bonchev–Trinajstić information content (AvgIpc) is 2.98. The molecule has 5 heteroatoms. The molecule has 1 saturated heterocycles. The Balaban J connectivity index is 1.62. The number of nitrogens with one attached hydrogen (secondary N) is 1. The van der Waals surface area contributed by atoms with Crippen LogP contribution in [0.1, 0.15) is 31.4 Å². The number of aliphatic hydroxyl groups excluding tert-OH is 1. The molecule has 2 rings (SSSR count). The van der Waals surface area contributed by atoms with E-state index in [-0.39, 0.29) is 12.1 Å². The van der Waals surface area contributed by atoms with Crippen LogP contribution in [-0.2, 0) is 9.47 Å². The summed E-state index contributed by atoms with van der Waals surface area (Å²) in [6.45, 7) is 4.36. The molecule has 3 atom stereocenters. The van der Waals surface area contributed by atoms with Gasteiger partial charge in [-0.2, -0.15) is 0 Å². The van der Waals surface area contributed by atoms with Crippen LogP contribution in [0.5, 0.6) is 0 Å². The molecular weight excluding hydrogens is 334 g/mol. The molecule has 0 amide bonds. The molecule has 1 aromatic rings. The van der Waals surface area contributed by atoms with Crippen LogP contribution in [0.2, 0.25) is 0 Å². The average molecular weight is 358 g/mol. The van der Waals surface area contributed by atoms with Gasteiger partial charge in [0.1, 0.15) is 0 Å². The summed E-state index contributed by atoms with van der Waals surface area (Å²) in [4.78, 5) is 0. The maximum Gasteiger partial charge on any atom is 0.0897 e. The van der Waals surface area contributed by atoms with Crippen LogP contribution >= 0.6 is 15.9 Å². The summed E-state index contributed by atoms with van der Waals surface area (Å²) >= 11 is 3.47. The van der Waals surface area contributed by atoms with E-state index in [0.717, 1.165) is 23.9 Å². The zero-order valence-electron chi connectivity index (χ0n) is 12.4. The molecular formula is C16H24BrNO3.